The average molecular weight is 467 g/mol. The monoisotopic (exact) mass is 466 g/mol. The maximum Gasteiger partial charge on any atom is 0.200 e. The van der Waals surface area contributed by atoms with Gasteiger partial charge < -0.3 is 19.7 Å². The van der Waals surface area contributed by atoms with Gasteiger partial charge in [-0.05, 0) is 54.4 Å². The van der Waals surface area contributed by atoms with Crippen LogP contribution < -0.4 is 5.43 Å². The summed E-state index contributed by atoms with van der Waals surface area (Å²) in [5.74, 6) is -1.56. The van der Waals surface area contributed by atoms with E-state index in [1.807, 2.05) is 53.7 Å². The topological polar surface area (TPSA) is 108 Å². The van der Waals surface area contributed by atoms with Crippen LogP contribution in [0.2, 0.25) is 0 Å². The van der Waals surface area contributed by atoms with E-state index in [4.69, 9.17) is 4.42 Å². The van der Waals surface area contributed by atoms with Crippen molar-refractivity contribution in [1.82, 2.24) is 0 Å². The molecule has 0 bridgehead atoms. The van der Waals surface area contributed by atoms with Crippen LogP contribution in [-0.4, -0.2) is 21.1 Å². The molecule has 34 heavy (non-hydrogen) atoms. The minimum absolute atomic E-state index is 0.0103. The van der Waals surface area contributed by atoms with E-state index in [1.54, 1.807) is 6.08 Å². The van der Waals surface area contributed by atoms with Crippen LogP contribution in [0.4, 0.5) is 0 Å². The van der Waals surface area contributed by atoms with Crippen LogP contribution in [0.1, 0.15) is 83.6 Å². The molecule has 0 saturated heterocycles. The Hall–Kier alpha value is -3.12. The van der Waals surface area contributed by atoms with Gasteiger partial charge in [0.15, 0.2) is 22.6 Å². The standard InChI is InChI=1S/C28H34O6/c1-15(2)7-9-18-13-22(30)28(33,12-11-17(5)6)27-23(18)26(32)24-21(34-27)14-20(29)19(25(24)31)10-8-16(3)4/h7-8,11,14,18,29,31,33H,9-10,12-13H2,1-6H3. The van der Waals surface area contributed by atoms with Crippen molar-refractivity contribution in [3.05, 3.63) is 68.1 Å². The highest BCUT2D eigenvalue weighted by atomic mass is 16.4. The van der Waals surface area contributed by atoms with E-state index in [0.717, 1.165) is 16.7 Å². The normalized spacial score (nSPS) is 19.5. The van der Waals surface area contributed by atoms with Crippen molar-refractivity contribution in [3.8, 4) is 11.5 Å². The number of phenolic OH excluding ortho intramolecular Hbond substituents is 2. The molecule has 2 aromatic rings. The lowest BCUT2D eigenvalue weighted by atomic mass is 9.73. The summed E-state index contributed by atoms with van der Waals surface area (Å²) < 4.78 is 6.01. The maximum absolute atomic E-state index is 13.8. The molecule has 3 N–H and O–H groups in total. The van der Waals surface area contributed by atoms with Gasteiger partial charge in [-0.3, -0.25) is 9.59 Å². The van der Waals surface area contributed by atoms with Crippen LogP contribution in [0.3, 0.4) is 0 Å². The summed E-state index contributed by atoms with van der Waals surface area (Å²) in [4.78, 5) is 27.0. The molecular weight excluding hydrogens is 432 g/mol. The van der Waals surface area contributed by atoms with Gasteiger partial charge in [0.25, 0.3) is 0 Å². The van der Waals surface area contributed by atoms with Crippen molar-refractivity contribution in [2.45, 2.75) is 78.7 Å². The number of benzene rings is 1. The maximum atomic E-state index is 13.8. The third-order valence-electron chi connectivity index (χ3n) is 6.28. The predicted octanol–water partition coefficient (Wildman–Crippen LogP) is 5.67. The Morgan fingerprint density at radius 1 is 1.03 bits per heavy atom. The van der Waals surface area contributed by atoms with Crippen LogP contribution in [0.25, 0.3) is 11.0 Å². The number of Topliss-reactive ketones (excluding diaryl/α,β-unsaturated/α-hetero) is 1. The fraction of sp³-hybridized carbons (Fsp3) is 0.429. The Labute approximate surface area is 199 Å². The molecule has 6 heteroatoms. The van der Waals surface area contributed by atoms with Crippen molar-refractivity contribution in [1.29, 1.82) is 0 Å². The number of allylic oxidation sites excluding steroid dienone is 5. The minimum Gasteiger partial charge on any atom is -0.507 e. The number of phenols is 2. The van der Waals surface area contributed by atoms with E-state index in [9.17, 15) is 24.9 Å². The molecule has 1 aliphatic carbocycles. The summed E-state index contributed by atoms with van der Waals surface area (Å²) in [5, 5.41) is 33.0. The second-order valence-corrected chi connectivity index (χ2v) is 9.94. The first kappa shape index (κ1) is 25.5. The summed E-state index contributed by atoms with van der Waals surface area (Å²) in [6.07, 6.45) is 6.17. The molecule has 0 aliphatic heterocycles. The molecule has 2 unspecified atom stereocenters. The number of hydrogen-bond donors (Lipinski definition) is 3. The van der Waals surface area contributed by atoms with E-state index in [-0.39, 0.29) is 58.6 Å². The Morgan fingerprint density at radius 2 is 1.65 bits per heavy atom. The lowest BCUT2D eigenvalue weighted by molar-refractivity contribution is -0.142. The number of hydrogen-bond acceptors (Lipinski definition) is 6. The van der Waals surface area contributed by atoms with E-state index < -0.39 is 22.7 Å². The molecule has 6 nitrogen and oxygen atoms in total. The van der Waals surface area contributed by atoms with Gasteiger partial charge in [0.1, 0.15) is 22.5 Å². The number of carbonyl (C=O) groups excluding carboxylic acids is 1. The molecule has 0 saturated carbocycles. The van der Waals surface area contributed by atoms with Gasteiger partial charge in [-0.15, -0.1) is 0 Å². The fourth-order valence-electron chi connectivity index (χ4n) is 4.32. The summed E-state index contributed by atoms with van der Waals surface area (Å²) in [7, 11) is 0. The summed E-state index contributed by atoms with van der Waals surface area (Å²) in [6.45, 7) is 11.4. The molecule has 1 heterocycles. The molecule has 2 atom stereocenters. The molecule has 0 amide bonds. The van der Waals surface area contributed by atoms with Crippen LogP contribution in [-0.2, 0) is 16.8 Å². The zero-order valence-corrected chi connectivity index (χ0v) is 20.8. The predicted molar refractivity (Wildman–Crippen MR) is 133 cm³/mol. The average Bonchev–Trinajstić information content (AvgIpc) is 2.73. The van der Waals surface area contributed by atoms with Gasteiger partial charge in [0, 0.05) is 36.0 Å². The number of carbonyl (C=O) groups is 1. The SMILES string of the molecule is CC(C)=CCc1c(O)cc2oc3c(c(=O)c2c1O)C(CC=C(C)C)CC(=O)C3(O)CC=C(C)C. The van der Waals surface area contributed by atoms with E-state index >= 15 is 0 Å². The van der Waals surface area contributed by atoms with Crippen LogP contribution in [0.5, 0.6) is 11.5 Å². The lowest BCUT2D eigenvalue weighted by Crippen LogP contribution is -2.43. The Morgan fingerprint density at radius 3 is 2.24 bits per heavy atom. The highest BCUT2D eigenvalue weighted by Gasteiger charge is 2.48. The Balaban J connectivity index is 2.37. The second kappa shape index (κ2) is 9.63. The van der Waals surface area contributed by atoms with Crippen molar-refractivity contribution in [2.75, 3.05) is 0 Å². The van der Waals surface area contributed by atoms with E-state index in [2.05, 4.69) is 0 Å². The Bertz CT molecular complexity index is 1280. The first-order valence-electron chi connectivity index (χ1n) is 11.6. The number of aromatic hydroxyl groups is 2. The molecule has 1 aromatic heterocycles. The quantitative estimate of drug-likeness (QED) is 0.474. The first-order chi connectivity index (χ1) is 15.9. The van der Waals surface area contributed by atoms with E-state index in [1.165, 1.54) is 6.07 Å². The van der Waals surface area contributed by atoms with Gasteiger partial charge in [-0.1, -0.05) is 34.9 Å². The van der Waals surface area contributed by atoms with Crippen LogP contribution >= 0.6 is 0 Å². The smallest absolute Gasteiger partial charge is 0.200 e. The largest absolute Gasteiger partial charge is 0.507 e. The molecule has 182 valence electrons. The number of aliphatic hydroxyl groups is 1. The second-order valence-electron chi connectivity index (χ2n) is 9.94. The molecule has 1 aromatic carbocycles. The number of rotatable bonds is 6. The summed E-state index contributed by atoms with van der Waals surface area (Å²) in [5.41, 5.74) is 0.859. The molecule has 0 radical (unpaired) electrons. The van der Waals surface area contributed by atoms with Gasteiger partial charge in [-0.25, -0.2) is 0 Å². The van der Waals surface area contributed by atoms with Crippen molar-refractivity contribution in [3.63, 3.8) is 0 Å². The molecular formula is C28H34O6. The van der Waals surface area contributed by atoms with Gasteiger partial charge in [0.2, 0.25) is 0 Å². The van der Waals surface area contributed by atoms with Crippen molar-refractivity contribution in [2.24, 2.45) is 0 Å². The summed E-state index contributed by atoms with van der Waals surface area (Å²) in [6, 6.07) is 1.27. The highest BCUT2D eigenvalue weighted by Crippen LogP contribution is 2.45. The van der Waals surface area contributed by atoms with Gasteiger partial charge in [-0.2, -0.15) is 0 Å². The van der Waals surface area contributed by atoms with Crippen LogP contribution in [0, 0.1) is 0 Å². The highest BCUT2D eigenvalue weighted by molar-refractivity contribution is 5.93. The van der Waals surface area contributed by atoms with Gasteiger partial charge in [0.05, 0.1) is 0 Å². The summed E-state index contributed by atoms with van der Waals surface area (Å²) >= 11 is 0. The fourth-order valence-corrected chi connectivity index (χ4v) is 4.32. The third kappa shape index (κ3) is 4.73. The molecule has 1 aliphatic rings. The van der Waals surface area contributed by atoms with Crippen LogP contribution in [0.15, 0.2) is 50.2 Å². The molecule has 3 rings (SSSR count). The zero-order valence-electron chi connectivity index (χ0n) is 20.8. The lowest BCUT2D eigenvalue weighted by Gasteiger charge is -2.34. The third-order valence-corrected chi connectivity index (χ3v) is 6.28. The number of ketones is 1. The minimum atomic E-state index is -1.99. The van der Waals surface area contributed by atoms with Gasteiger partial charge >= 0.3 is 0 Å². The number of fused-ring (bicyclic) bond motifs is 2. The first-order valence-corrected chi connectivity index (χ1v) is 11.6. The molecule has 0 fully saturated rings. The van der Waals surface area contributed by atoms with Crippen molar-refractivity contribution < 1.29 is 24.5 Å². The molecule has 0 spiro atoms. The zero-order chi connectivity index (χ0) is 25.4. The van der Waals surface area contributed by atoms with E-state index in [0.29, 0.717) is 6.42 Å². The Kier molecular flexibility index (Phi) is 7.22. The van der Waals surface area contributed by atoms with Crippen molar-refractivity contribution >= 4 is 16.8 Å².